The van der Waals surface area contributed by atoms with E-state index in [0.717, 1.165) is 0 Å². The Morgan fingerprint density at radius 3 is 2.80 bits per heavy atom. The van der Waals surface area contributed by atoms with Crippen molar-refractivity contribution in [2.24, 2.45) is 5.73 Å². The van der Waals surface area contributed by atoms with Crippen LogP contribution in [0.4, 0.5) is 4.39 Å². The predicted molar refractivity (Wildman–Crippen MR) is 56.6 cm³/mol. The maximum Gasteiger partial charge on any atom is 0.145 e. The van der Waals surface area contributed by atoms with E-state index < -0.39 is 11.9 Å². The molecule has 1 aromatic carbocycles. The van der Waals surface area contributed by atoms with Gasteiger partial charge in [0.05, 0.1) is 12.1 Å². The molecule has 15 heavy (non-hydrogen) atoms. The Bertz CT molecular complexity index is 346. The highest BCUT2D eigenvalue weighted by Crippen LogP contribution is 2.30. The molecule has 0 saturated heterocycles. The number of nitrogens with two attached hydrogens (primary N) is 1. The summed E-state index contributed by atoms with van der Waals surface area (Å²) in [6.45, 7) is -0.0423. The molecular weight excluding hydrogens is 221 g/mol. The quantitative estimate of drug-likeness (QED) is 0.835. The van der Waals surface area contributed by atoms with Crippen molar-refractivity contribution < 1.29 is 14.2 Å². The van der Waals surface area contributed by atoms with E-state index in [1.54, 1.807) is 0 Å². The molecule has 0 fully saturated rings. The van der Waals surface area contributed by atoms with Crippen molar-refractivity contribution in [3.63, 3.8) is 0 Å². The van der Waals surface area contributed by atoms with Crippen molar-refractivity contribution in [1.82, 2.24) is 0 Å². The van der Waals surface area contributed by atoms with Crippen molar-refractivity contribution >= 4 is 11.6 Å². The van der Waals surface area contributed by atoms with Gasteiger partial charge < -0.3 is 15.6 Å². The third kappa shape index (κ3) is 2.81. The molecule has 0 aromatic heterocycles. The van der Waals surface area contributed by atoms with Crippen LogP contribution in [-0.4, -0.2) is 18.8 Å². The van der Waals surface area contributed by atoms with E-state index in [4.69, 9.17) is 27.2 Å². The predicted octanol–water partition coefficient (Wildman–Crippen LogP) is 1.87. The van der Waals surface area contributed by atoms with Gasteiger partial charge in [-0.3, -0.25) is 0 Å². The van der Waals surface area contributed by atoms with E-state index in [1.807, 2.05) is 0 Å². The Kier molecular flexibility index (Phi) is 4.32. The molecule has 1 rings (SSSR count). The van der Waals surface area contributed by atoms with Crippen molar-refractivity contribution in [3.8, 4) is 5.75 Å². The molecule has 0 aliphatic carbocycles. The van der Waals surface area contributed by atoms with Crippen LogP contribution in [0.1, 0.15) is 18.0 Å². The van der Waals surface area contributed by atoms with E-state index in [0.29, 0.717) is 17.7 Å². The number of ether oxygens (including phenoxy) is 1. The molecule has 84 valence electrons. The van der Waals surface area contributed by atoms with Gasteiger partial charge in [-0.2, -0.15) is 0 Å². The standard InChI is InChI=1S/C10H13ClFNO2/c1-15-10-5-8(12)7(11)4-6(10)9(13)2-3-14/h4-5,9,14H,2-3,13H2,1H3. The molecule has 0 bridgehead atoms. The first kappa shape index (κ1) is 12.2. The SMILES string of the molecule is COc1cc(F)c(Cl)cc1C(N)CCO. The highest BCUT2D eigenvalue weighted by atomic mass is 35.5. The molecule has 0 spiro atoms. The second-order valence-electron chi connectivity index (χ2n) is 3.13. The second-order valence-corrected chi connectivity index (χ2v) is 3.53. The lowest BCUT2D eigenvalue weighted by Gasteiger charge is -2.15. The second kappa shape index (κ2) is 5.30. The third-order valence-corrected chi connectivity index (χ3v) is 2.40. The van der Waals surface area contributed by atoms with Gasteiger partial charge in [-0.15, -0.1) is 0 Å². The summed E-state index contributed by atoms with van der Waals surface area (Å²) < 4.78 is 18.1. The minimum atomic E-state index is -0.548. The van der Waals surface area contributed by atoms with Crippen LogP contribution in [0.2, 0.25) is 5.02 Å². The van der Waals surface area contributed by atoms with Gasteiger partial charge in [-0.25, -0.2) is 4.39 Å². The number of halogens is 2. The molecule has 3 N–H and O–H groups in total. The number of hydrogen-bond donors (Lipinski definition) is 2. The average Bonchev–Trinajstić information content (AvgIpc) is 2.21. The van der Waals surface area contributed by atoms with Crippen molar-refractivity contribution in [2.45, 2.75) is 12.5 Å². The summed E-state index contributed by atoms with van der Waals surface area (Å²) >= 11 is 5.64. The summed E-state index contributed by atoms with van der Waals surface area (Å²) in [7, 11) is 1.43. The summed E-state index contributed by atoms with van der Waals surface area (Å²) in [4.78, 5) is 0. The van der Waals surface area contributed by atoms with Crippen LogP contribution in [0, 0.1) is 5.82 Å². The van der Waals surface area contributed by atoms with Crippen LogP contribution in [0.15, 0.2) is 12.1 Å². The van der Waals surface area contributed by atoms with Crippen LogP contribution < -0.4 is 10.5 Å². The molecule has 0 radical (unpaired) electrons. The number of rotatable bonds is 4. The number of benzene rings is 1. The van der Waals surface area contributed by atoms with E-state index in [9.17, 15) is 4.39 Å². The van der Waals surface area contributed by atoms with E-state index in [-0.39, 0.29) is 11.6 Å². The number of hydrogen-bond acceptors (Lipinski definition) is 3. The van der Waals surface area contributed by atoms with Gasteiger partial charge in [0.25, 0.3) is 0 Å². The smallest absolute Gasteiger partial charge is 0.145 e. The molecular formula is C10H13ClFNO2. The summed E-state index contributed by atoms with van der Waals surface area (Å²) in [6.07, 6.45) is 0.373. The van der Waals surface area contributed by atoms with Gasteiger partial charge in [0.15, 0.2) is 0 Å². The van der Waals surface area contributed by atoms with Gasteiger partial charge in [0, 0.05) is 24.3 Å². The number of methoxy groups -OCH3 is 1. The molecule has 0 amide bonds. The van der Waals surface area contributed by atoms with Crippen molar-refractivity contribution in [3.05, 3.63) is 28.5 Å². The van der Waals surface area contributed by atoms with Gasteiger partial charge in [-0.05, 0) is 12.5 Å². The summed E-state index contributed by atoms with van der Waals surface area (Å²) in [5.74, 6) is -0.202. The first-order chi connectivity index (χ1) is 7.10. The average molecular weight is 234 g/mol. The van der Waals surface area contributed by atoms with Gasteiger partial charge in [-0.1, -0.05) is 11.6 Å². The Hall–Kier alpha value is -0.840. The third-order valence-electron chi connectivity index (χ3n) is 2.11. The first-order valence-corrected chi connectivity index (χ1v) is 4.87. The Morgan fingerprint density at radius 2 is 2.27 bits per heavy atom. The molecule has 3 nitrogen and oxygen atoms in total. The highest BCUT2D eigenvalue weighted by Gasteiger charge is 2.14. The summed E-state index contributed by atoms with van der Waals surface area (Å²) in [5.41, 5.74) is 6.38. The van der Waals surface area contributed by atoms with Crippen LogP contribution in [0.25, 0.3) is 0 Å². The zero-order chi connectivity index (χ0) is 11.4. The van der Waals surface area contributed by atoms with Gasteiger partial charge >= 0.3 is 0 Å². The molecule has 0 heterocycles. The molecule has 5 heteroatoms. The largest absolute Gasteiger partial charge is 0.496 e. The van der Waals surface area contributed by atoms with E-state index in [2.05, 4.69) is 0 Å². The molecule has 0 saturated carbocycles. The topological polar surface area (TPSA) is 55.5 Å². The molecule has 1 atom stereocenters. The van der Waals surface area contributed by atoms with Crippen molar-refractivity contribution in [2.75, 3.05) is 13.7 Å². The Labute approximate surface area is 92.6 Å². The fourth-order valence-corrected chi connectivity index (χ4v) is 1.48. The minimum absolute atomic E-state index is 0.000750. The monoisotopic (exact) mass is 233 g/mol. The molecule has 0 aliphatic rings. The molecule has 1 aromatic rings. The first-order valence-electron chi connectivity index (χ1n) is 4.49. The summed E-state index contributed by atoms with van der Waals surface area (Å²) in [6, 6.07) is 2.20. The normalized spacial score (nSPS) is 12.6. The lowest BCUT2D eigenvalue weighted by molar-refractivity contribution is 0.275. The van der Waals surface area contributed by atoms with Crippen molar-refractivity contribution in [1.29, 1.82) is 0 Å². The lowest BCUT2D eigenvalue weighted by atomic mass is 10.0. The fraction of sp³-hybridized carbons (Fsp3) is 0.400. The zero-order valence-corrected chi connectivity index (χ0v) is 9.09. The van der Waals surface area contributed by atoms with Crippen LogP contribution >= 0.6 is 11.6 Å². The van der Waals surface area contributed by atoms with Crippen LogP contribution in [0.5, 0.6) is 5.75 Å². The summed E-state index contributed by atoms with van der Waals surface area (Å²) in [5, 5.41) is 8.76. The molecule has 0 aliphatic heterocycles. The zero-order valence-electron chi connectivity index (χ0n) is 8.34. The maximum atomic E-state index is 13.1. The highest BCUT2D eigenvalue weighted by molar-refractivity contribution is 6.30. The maximum absolute atomic E-state index is 13.1. The molecule has 1 unspecified atom stereocenters. The van der Waals surface area contributed by atoms with Crippen LogP contribution in [0.3, 0.4) is 0 Å². The number of aliphatic hydroxyl groups excluding tert-OH is 1. The minimum Gasteiger partial charge on any atom is -0.496 e. The van der Waals surface area contributed by atoms with Crippen LogP contribution in [-0.2, 0) is 0 Å². The van der Waals surface area contributed by atoms with Gasteiger partial charge in [0.1, 0.15) is 11.6 Å². The van der Waals surface area contributed by atoms with Gasteiger partial charge in [0.2, 0.25) is 0 Å². The lowest BCUT2D eigenvalue weighted by Crippen LogP contribution is -2.13. The Morgan fingerprint density at radius 1 is 1.60 bits per heavy atom. The fourth-order valence-electron chi connectivity index (χ4n) is 1.31. The number of aliphatic hydroxyl groups is 1. The van der Waals surface area contributed by atoms with E-state index >= 15 is 0 Å². The Balaban J connectivity index is 3.09. The van der Waals surface area contributed by atoms with E-state index in [1.165, 1.54) is 19.2 Å².